The Labute approximate surface area is 87.2 Å². The van der Waals surface area contributed by atoms with E-state index < -0.39 is 0 Å². The van der Waals surface area contributed by atoms with Crippen LogP contribution < -0.4 is 0 Å². The van der Waals surface area contributed by atoms with Gasteiger partial charge in [-0.25, -0.2) is 0 Å². The number of hydrogen-bond acceptors (Lipinski definition) is 1. The van der Waals surface area contributed by atoms with Crippen LogP contribution in [0.25, 0.3) is 0 Å². The van der Waals surface area contributed by atoms with Gasteiger partial charge in [-0.15, -0.1) is 0 Å². The topological polar surface area (TPSA) is 9.23 Å². The zero-order valence-electron chi connectivity index (χ0n) is 9.47. The third-order valence-electron chi connectivity index (χ3n) is 2.54. The molecule has 1 rings (SSSR count). The number of ether oxygens (including phenoxy) is 1. The molecule has 0 aromatic carbocycles. The smallest absolute Gasteiger partial charge is 0.0962 e. The average Bonchev–Trinajstić information content (AvgIpc) is 2.18. The lowest BCUT2D eigenvalue weighted by molar-refractivity contribution is 0.202. The third-order valence-corrected chi connectivity index (χ3v) is 2.54. The van der Waals surface area contributed by atoms with Crippen LogP contribution in [-0.4, -0.2) is 6.61 Å². The molecule has 0 fully saturated rings. The summed E-state index contributed by atoms with van der Waals surface area (Å²) in [6.07, 6.45) is 9.56. The van der Waals surface area contributed by atoms with Gasteiger partial charge < -0.3 is 4.74 Å². The standard InChI is InChI=1S/C13H20O/c1-4-10-14-13-7-5-6-11(2)12(3)8-9-13/h5-7H,4,8-10H2,1-3H3. The summed E-state index contributed by atoms with van der Waals surface area (Å²) in [5.74, 6) is 1.12. The van der Waals surface area contributed by atoms with Gasteiger partial charge in [-0.1, -0.05) is 30.2 Å². The van der Waals surface area contributed by atoms with Crippen LogP contribution in [0.3, 0.4) is 0 Å². The molecule has 0 saturated carbocycles. The van der Waals surface area contributed by atoms with Crippen molar-refractivity contribution in [2.45, 2.75) is 40.0 Å². The van der Waals surface area contributed by atoms with Gasteiger partial charge in [0.05, 0.1) is 12.4 Å². The maximum Gasteiger partial charge on any atom is 0.0962 e. The van der Waals surface area contributed by atoms with E-state index in [0.29, 0.717) is 0 Å². The zero-order chi connectivity index (χ0) is 10.4. The maximum atomic E-state index is 5.64. The molecule has 0 unspecified atom stereocenters. The van der Waals surface area contributed by atoms with Crippen LogP contribution in [0, 0.1) is 0 Å². The van der Waals surface area contributed by atoms with Crippen molar-refractivity contribution < 1.29 is 4.74 Å². The quantitative estimate of drug-likeness (QED) is 0.657. The highest BCUT2D eigenvalue weighted by molar-refractivity contribution is 5.28. The van der Waals surface area contributed by atoms with Gasteiger partial charge in [0, 0.05) is 6.42 Å². The average molecular weight is 192 g/mol. The molecule has 0 amide bonds. The van der Waals surface area contributed by atoms with Gasteiger partial charge in [-0.2, -0.15) is 0 Å². The maximum absolute atomic E-state index is 5.64. The molecule has 0 aromatic heterocycles. The molecule has 0 aromatic rings. The van der Waals surface area contributed by atoms with Crippen molar-refractivity contribution in [3.05, 3.63) is 35.1 Å². The fraction of sp³-hybridized carbons (Fsp3) is 0.538. The molecule has 0 bridgehead atoms. The number of allylic oxidation sites excluding steroid dienone is 6. The SMILES string of the molecule is CCCOC1=CC=CC(C)=C(C)CC1. The second kappa shape index (κ2) is 5.69. The van der Waals surface area contributed by atoms with E-state index in [1.807, 2.05) is 0 Å². The lowest BCUT2D eigenvalue weighted by atomic mass is 10.0. The molecule has 0 atom stereocenters. The van der Waals surface area contributed by atoms with Gasteiger partial charge in [0.1, 0.15) is 0 Å². The molecule has 1 aliphatic carbocycles. The van der Waals surface area contributed by atoms with Crippen molar-refractivity contribution in [2.24, 2.45) is 0 Å². The Morgan fingerprint density at radius 1 is 1.29 bits per heavy atom. The van der Waals surface area contributed by atoms with Crippen LogP contribution in [0.4, 0.5) is 0 Å². The zero-order valence-corrected chi connectivity index (χ0v) is 9.47. The molecule has 1 aliphatic rings. The summed E-state index contributed by atoms with van der Waals surface area (Å²) in [6, 6.07) is 0. The first-order chi connectivity index (χ1) is 6.74. The van der Waals surface area contributed by atoms with E-state index >= 15 is 0 Å². The van der Waals surface area contributed by atoms with E-state index in [-0.39, 0.29) is 0 Å². The van der Waals surface area contributed by atoms with E-state index in [2.05, 4.69) is 39.0 Å². The Morgan fingerprint density at radius 2 is 2.07 bits per heavy atom. The van der Waals surface area contributed by atoms with Crippen molar-refractivity contribution in [3.63, 3.8) is 0 Å². The largest absolute Gasteiger partial charge is 0.498 e. The predicted molar refractivity (Wildman–Crippen MR) is 61.1 cm³/mol. The lowest BCUT2D eigenvalue weighted by Crippen LogP contribution is -1.96. The molecule has 1 heteroatoms. The van der Waals surface area contributed by atoms with Gasteiger partial charge >= 0.3 is 0 Å². The number of rotatable bonds is 3. The van der Waals surface area contributed by atoms with Crippen LogP contribution in [0.15, 0.2) is 35.1 Å². The van der Waals surface area contributed by atoms with Gasteiger partial charge in [0.15, 0.2) is 0 Å². The van der Waals surface area contributed by atoms with Crippen molar-refractivity contribution in [3.8, 4) is 0 Å². The van der Waals surface area contributed by atoms with Crippen LogP contribution in [0.5, 0.6) is 0 Å². The summed E-state index contributed by atoms with van der Waals surface area (Å²) in [7, 11) is 0. The van der Waals surface area contributed by atoms with Crippen LogP contribution in [0.2, 0.25) is 0 Å². The minimum atomic E-state index is 0.835. The highest BCUT2D eigenvalue weighted by atomic mass is 16.5. The first-order valence-corrected chi connectivity index (χ1v) is 5.40. The summed E-state index contributed by atoms with van der Waals surface area (Å²) < 4.78 is 5.64. The molecule has 14 heavy (non-hydrogen) atoms. The van der Waals surface area contributed by atoms with Crippen molar-refractivity contribution in [1.29, 1.82) is 0 Å². The summed E-state index contributed by atoms with van der Waals surface area (Å²) in [5, 5.41) is 0. The summed E-state index contributed by atoms with van der Waals surface area (Å²) >= 11 is 0. The van der Waals surface area contributed by atoms with Crippen LogP contribution in [0.1, 0.15) is 40.0 Å². The summed E-state index contributed by atoms with van der Waals surface area (Å²) in [4.78, 5) is 0. The molecule has 0 spiro atoms. The lowest BCUT2D eigenvalue weighted by Gasteiger charge is -2.12. The highest BCUT2D eigenvalue weighted by Crippen LogP contribution is 2.19. The summed E-state index contributed by atoms with van der Waals surface area (Å²) in [5.41, 5.74) is 2.85. The molecular weight excluding hydrogens is 172 g/mol. The van der Waals surface area contributed by atoms with Crippen molar-refractivity contribution >= 4 is 0 Å². The van der Waals surface area contributed by atoms with E-state index in [1.54, 1.807) is 0 Å². The second-order valence-electron chi connectivity index (χ2n) is 3.80. The number of hydrogen-bond donors (Lipinski definition) is 0. The van der Waals surface area contributed by atoms with Gasteiger partial charge in [0.25, 0.3) is 0 Å². The monoisotopic (exact) mass is 192 g/mol. The molecule has 0 N–H and O–H groups in total. The van der Waals surface area contributed by atoms with Crippen molar-refractivity contribution in [2.75, 3.05) is 6.61 Å². The van der Waals surface area contributed by atoms with E-state index in [0.717, 1.165) is 31.6 Å². The third kappa shape index (κ3) is 3.41. The molecular formula is C13H20O. The Balaban J connectivity index is 2.59. The summed E-state index contributed by atoms with van der Waals surface area (Å²) in [6.45, 7) is 7.33. The highest BCUT2D eigenvalue weighted by Gasteiger charge is 2.02. The fourth-order valence-corrected chi connectivity index (χ4v) is 1.39. The minimum Gasteiger partial charge on any atom is -0.498 e. The minimum absolute atomic E-state index is 0.835. The first kappa shape index (κ1) is 11.1. The second-order valence-corrected chi connectivity index (χ2v) is 3.80. The normalized spacial score (nSPS) is 17.5. The fourth-order valence-electron chi connectivity index (χ4n) is 1.39. The van der Waals surface area contributed by atoms with Gasteiger partial charge in [-0.3, -0.25) is 0 Å². The van der Waals surface area contributed by atoms with Gasteiger partial charge in [0.2, 0.25) is 0 Å². The van der Waals surface area contributed by atoms with E-state index in [1.165, 1.54) is 11.1 Å². The molecule has 0 heterocycles. The van der Waals surface area contributed by atoms with Crippen LogP contribution in [-0.2, 0) is 4.74 Å². The Hall–Kier alpha value is -0.980. The Morgan fingerprint density at radius 3 is 2.79 bits per heavy atom. The molecule has 1 nitrogen and oxygen atoms in total. The Kier molecular flexibility index (Phi) is 4.51. The van der Waals surface area contributed by atoms with Gasteiger partial charge in [-0.05, 0) is 32.8 Å². The van der Waals surface area contributed by atoms with E-state index in [4.69, 9.17) is 4.74 Å². The molecule has 0 aliphatic heterocycles. The van der Waals surface area contributed by atoms with Crippen LogP contribution >= 0.6 is 0 Å². The van der Waals surface area contributed by atoms with E-state index in [9.17, 15) is 0 Å². The Bertz CT molecular complexity index is 269. The molecule has 0 saturated heterocycles. The van der Waals surface area contributed by atoms with Crippen molar-refractivity contribution in [1.82, 2.24) is 0 Å². The first-order valence-electron chi connectivity index (χ1n) is 5.40. The molecule has 0 radical (unpaired) electrons. The molecule has 78 valence electrons. The predicted octanol–water partition coefficient (Wildman–Crippen LogP) is 3.98.